The molecule has 3 heterocycles. The van der Waals surface area contributed by atoms with Gasteiger partial charge < -0.3 is 14.0 Å². The van der Waals surface area contributed by atoms with E-state index in [9.17, 15) is 0 Å². The van der Waals surface area contributed by atoms with Crippen molar-refractivity contribution >= 4 is 21.9 Å². The lowest BCUT2D eigenvalue weighted by atomic mass is 10.1. The number of ether oxygens (including phenoxy) is 2. The Labute approximate surface area is 177 Å². The van der Waals surface area contributed by atoms with Crippen molar-refractivity contribution < 1.29 is 9.47 Å². The van der Waals surface area contributed by atoms with Gasteiger partial charge in [0.05, 0.1) is 49.2 Å². The molecule has 0 unspecified atom stereocenters. The van der Waals surface area contributed by atoms with E-state index >= 15 is 0 Å². The fraction of sp³-hybridized carbons (Fsp3) is 0.360. The van der Waals surface area contributed by atoms with Crippen LogP contribution in [0.1, 0.15) is 37.0 Å². The highest BCUT2D eigenvalue weighted by atomic mass is 16.5. The topological polar surface area (TPSA) is 49.2 Å². The zero-order valence-electron chi connectivity index (χ0n) is 18.0. The number of aromatic nitrogens is 3. The summed E-state index contributed by atoms with van der Waals surface area (Å²) in [5.74, 6) is 1.06. The SMILES string of the molecule is CC.Cc1nc2ccccc2c2c1nc1n2[C@@H](COCc2ccccc2)COCC1. The number of hydrogen-bond acceptors (Lipinski definition) is 4. The molecular weight excluding hydrogens is 374 g/mol. The van der Waals surface area contributed by atoms with Gasteiger partial charge in [-0.05, 0) is 18.6 Å². The number of aryl methyl sites for hydroxylation is 1. The second-order valence-corrected chi connectivity index (χ2v) is 7.29. The van der Waals surface area contributed by atoms with Crippen LogP contribution < -0.4 is 0 Å². The van der Waals surface area contributed by atoms with Crippen molar-refractivity contribution in [1.29, 1.82) is 0 Å². The van der Waals surface area contributed by atoms with Crippen LogP contribution >= 0.6 is 0 Å². The first kappa shape index (κ1) is 20.5. The molecule has 5 nitrogen and oxygen atoms in total. The quantitative estimate of drug-likeness (QED) is 0.467. The molecule has 0 spiro atoms. The molecule has 2 aromatic carbocycles. The van der Waals surface area contributed by atoms with Crippen LogP contribution in [0.25, 0.3) is 21.9 Å². The number of fused-ring (bicyclic) bond motifs is 5. The van der Waals surface area contributed by atoms with Gasteiger partial charge in [0.2, 0.25) is 0 Å². The van der Waals surface area contributed by atoms with Gasteiger partial charge in [-0.2, -0.15) is 0 Å². The van der Waals surface area contributed by atoms with Gasteiger partial charge in [-0.1, -0.05) is 62.4 Å². The van der Waals surface area contributed by atoms with Crippen molar-refractivity contribution in [2.45, 2.75) is 39.8 Å². The Hall–Kier alpha value is -2.76. The first-order valence-electron chi connectivity index (χ1n) is 10.8. The Morgan fingerprint density at radius 2 is 1.80 bits per heavy atom. The molecule has 0 N–H and O–H groups in total. The summed E-state index contributed by atoms with van der Waals surface area (Å²) in [6.07, 6.45) is 0.803. The molecule has 156 valence electrons. The molecule has 0 saturated heterocycles. The normalized spacial score (nSPS) is 16.0. The number of rotatable bonds is 4. The minimum absolute atomic E-state index is 0.0939. The van der Waals surface area contributed by atoms with E-state index in [4.69, 9.17) is 19.4 Å². The third kappa shape index (κ3) is 3.95. The van der Waals surface area contributed by atoms with Gasteiger partial charge in [-0.25, -0.2) is 4.98 Å². The molecule has 1 atom stereocenters. The van der Waals surface area contributed by atoms with Crippen LogP contribution in [0.2, 0.25) is 0 Å². The zero-order valence-corrected chi connectivity index (χ0v) is 18.0. The summed E-state index contributed by atoms with van der Waals surface area (Å²) >= 11 is 0. The third-order valence-corrected chi connectivity index (χ3v) is 5.34. The largest absolute Gasteiger partial charge is 0.379 e. The Balaban J connectivity index is 0.00000106. The van der Waals surface area contributed by atoms with Gasteiger partial charge in [-0.3, -0.25) is 4.98 Å². The third-order valence-electron chi connectivity index (χ3n) is 5.34. The standard InChI is InChI=1S/C23H23N3O2.C2H6/c1-16-22-23(19-9-5-6-10-20(19)24-16)26-18(14-27-12-11-21(26)25-22)15-28-13-17-7-3-2-4-8-17;1-2/h2-10,18H,11-15H2,1H3;1-2H3/t18-;/m1./s1. The maximum Gasteiger partial charge on any atom is 0.112 e. The summed E-state index contributed by atoms with van der Waals surface area (Å²) in [4.78, 5) is 9.70. The van der Waals surface area contributed by atoms with Gasteiger partial charge in [0.1, 0.15) is 11.3 Å². The van der Waals surface area contributed by atoms with E-state index in [2.05, 4.69) is 34.9 Å². The summed E-state index contributed by atoms with van der Waals surface area (Å²) in [5, 5.41) is 1.14. The number of para-hydroxylation sites is 1. The summed E-state index contributed by atoms with van der Waals surface area (Å²) in [7, 11) is 0. The average Bonchev–Trinajstić information content (AvgIpc) is 3.07. The molecule has 2 aromatic heterocycles. The summed E-state index contributed by atoms with van der Waals surface area (Å²) in [5.41, 5.74) is 5.29. The molecule has 0 saturated carbocycles. The van der Waals surface area contributed by atoms with Crippen LogP contribution in [-0.4, -0.2) is 34.4 Å². The highest BCUT2D eigenvalue weighted by Crippen LogP contribution is 2.31. The molecule has 1 aliphatic rings. The number of hydrogen-bond donors (Lipinski definition) is 0. The second-order valence-electron chi connectivity index (χ2n) is 7.29. The number of pyridine rings is 1. The molecule has 5 heteroatoms. The van der Waals surface area contributed by atoms with Gasteiger partial charge in [0, 0.05) is 11.8 Å². The van der Waals surface area contributed by atoms with Gasteiger partial charge in [0.15, 0.2) is 0 Å². The van der Waals surface area contributed by atoms with Gasteiger partial charge in [-0.15, -0.1) is 0 Å². The van der Waals surface area contributed by atoms with Gasteiger partial charge in [0.25, 0.3) is 0 Å². The van der Waals surface area contributed by atoms with Crippen molar-refractivity contribution in [3.63, 3.8) is 0 Å². The van der Waals surface area contributed by atoms with Crippen molar-refractivity contribution in [1.82, 2.24) is 14.5 Å². The molecular formula is C25H29N3O2. The van der Waals surface area contributed by atoms with E-state index in [0.717, 1.165) is 39.9 Å². The van der Waals surface area contributed by atoms with E-state index in [-0.39, 0.29) is 6.04 Å². The minimum Gasteiger partial charge on any atom is -0.379 e. The number of nitrogens with zero attached hydrogens (tertiary/aromatic N) is 3. The summed E-state index contributed by atoms with van der Waals surface area (Å²) in [6.45, 7) is 8.54. The first-order chi connectivity index (χ1) is 14.8. The Bertz CT molecular complexity index is 1120. The van der Waals surface area contributed by atoms with E-state index in [1.165, 1.54) is 5.56 Å². The van der Waals surface area contributed by atoms with Crippen LogP contribution in [-0.2, 0) is 22.5 Å². The smallest absolute Gasteiger partial charge is 0.112 e. The summed E-state index contributed by atoms with van der Waals surface area (Å²) < 4.78 is 14.3. The maximum atomic E-state index is 6.09. The molecule has 5 rings (SSSR count). The number of benzene rings is 2. The predicted molar refractivity (Wildman–Crippen MR) is 121 cm³/mol. The Morgan fingerprint density at radius 1 is 1.03 bits per heavy atom. The van der Waals surface area contributed by atoms with Gasteiger partial charge >= 0.3 is 0 Å². The van der Waals surface area contributed by atoms with E-state index in [0.29, 0.717) is 26.4 Å². The molecule has 0 amide bonds. The van der Waals surface area contributed by atoms with Crippen LogP contribution in [0.5, 0.6) is 0 Å². The minimum atomic E-state index is 0.0939. The van der Waals surface area contributed by atoms with Crippen molar-refractivity contribution in [2.75, 3.05) is 19.8 Å². The maximum absolute atomic E-state index is 6.09. The van der Waals surface area contributed by atoms with Crippen LogP contribution in [0.3, 0.4) is 0 Å². The molecule has 0 radical (unpaired) electrons. The number of imidazole rings is 1. The molecule has 0 fully saturated rings. The molecule has 4 aromatic rings. The molecule has 0 bridgehead atoms. The van der Waals surface area contributed by atoms with Crippen molar-refractivity contribution in [2.24, 2.45) is 0 Å². The molecule has 0 aliphatic carbocycles. The monoisotopic (exact) mass is 403 g/mol. The first-order valence-corrected chi connectivity index (χ1v) is 10.8. The average molecular weight is 404 g/mol. The Morgan fingerprint density at radius 3 is 2.63 bits per heavy atom. The van der Waals surface area contributed by atoms with Crippen LogP contribution in [0, 0.1) is 6.92 Å². The fourth-order valence-electron chi connectivity index (χ4n) is 4.03. The van der Waals surface area contributed by atoms with Crippen LogP contribution in [0.4, 0.5) is 0 Å². The summed E-state index contributed by atoms with van der Waals surface area (Å²) in [6, 6.07) is 18.7. The molecule has 1 aliphatic heterocycles. The van der Waals surface area contributed by atoms with Crippen molar-refractivity contribution in [3.05, 3.63) is 71.7 Å². The lowest BCUT2D eigenvalue weighted by Crippen LogP contribution is -2.20. The van der Waals surface area contributed by atoms with Crippen LogP contribution in [0.15, 0.2) is 54.6 Å². The predicted octanol–water partition coefficient (Wildman–Crippen LogP) is 5.25. The highest BCUT2D eigenvalue weighted by molar-refractivity contribution is 6.03. The Kier molecular flexibility index (Phi) is 6.41. The van der Waals surface area contributed by atoms with E-state index in [1.54, 1.807) is 0 Å². The van der Waals surface area contributed by atoms with E-state index < -0.39 is 0 Å². The fourth-order valence-corrected chi connectivity index (χ4v) is 4.03. The lowest BCUT2D eigenvalue weighted by Gasteiger charge is -2.20. The molecule has 30 heavy (non-hydrogen) atoms. The second kappa shape index (κ2) is 9.37. The van der Waals surface area contributed by atoms with Crippen molar-refractivity contribution in [3.8, 4) is 0 Å². The zero-order chi connectivity index (χ0) is 20.9. The highest BCUT2D eigenvalue weighted by Gasteiger charge is 2.25. The lowest BCUT2D eigenvalue weighted by molar-refractivity contribution is 0.0476. The van der Waals surface area contributed by atoms with E-state index in [1.807, 2.05) is 45.0 Å².